The van der Waals surface area contributed by atoms with E-state index >= 15 is 0 Å². The predicted molar refractivity (Wildman–Crippen MR) is 132 cm³/mol. The van der Waals surface area contributed by atoms with Crippen molar-refractivity contribution < 1.29 is 9.59 Å². The van der Waals surface area contributed by atoms with Crippen LogP contribution in [0.5, 0.6) is 0 Å². The van der Waals surface area contributed by atoms with Crippen molar-refractivity contribution >= 4 is 17.5 Å². The van der Waals surface area contributed by atoms with Crippen molar-refractivity contribution in [3.63, 3.8) is 0 Å². The number of rotatable bonds is 3. The predicted octanol–water partition coefficient (Wildman–Crippen LogP) is 3.69. The highest BCUT2D eigenvalue weighted by atomic mass is 16.2. The molecule has 34 heavy (non-hydrogen) atoms. The van der Waals surface area contributed by atoms with Crippen LogP contribution in [0, 0.1) is 6.92 Å². The van der Waals surface area contributed by atoms with Crippen molar-refractivity contribution in [2.75, 3.05) is 31.1 Å². The van der Waals surface area contributed by atoms with Crippen LogP contribution in [0.1, 0.15) is 40.7 Å². The molecule has 176 valence electrons. The fourth-order valence-corrected chi connectivity index (χ4v) is 4.30. The van der Waals surface area contributed by atoms with Gasteiger partial charge in [0.05, 0.1) is 11.3 Å². The molecule has 0 fully saturated rings. The first-order valence-corrected chi connectivity index (χ1v) is 11.7. The SMILES string of the molecule is CC(=O)N1CCCN(Cc2ccccn2)CCN(C(=O)c2ccc(C)nc2)Cc2ccccc21. The van der Waals surface area contributed by atoms with Crippen LogP contribution in [0.4, 0.5) is 5.69 Å². The van der Waals surface area contributed by atoms with Gasteiger partial charge in [-0.1, -0.05) is 24.3 Å². The third kappa shape index (κ3) is 5.85. The molecule has 0 N–H and O–H groups in total. The van der Waals surface area contributed by atoms with Crippen molar-refractivity contribution in [3.8, 4) is 0 Å². The van der Waals surface area contributed by atoms with Gasteiger partial charge in [0.2, 0.25) is 5.91 Å². The molecule has 4 rings (SSSR count). The smallest absolute Gasteiger partial charge is 0.255 e. The van der Waals surface area contributed by atoms with E-state index in [-0.39, 0.29) is 11.8 Å². The van der Waals surface area contributed by atoms with Crippen molar-refractivity contribution in [2.24, 2.45) is 0 Å². The molecule has 3 aromatic rings. The van der Waals surface area contributed by atoms with E-state index in [1.807, 2.05) is 71.3 Å². The normalized spacial score (nSPS) is 15.4. The fraction of sp³-hybridized carbons (Fsp3) is 0.333. The summed E-state index contributed by atoms with van der Waals surface area (Å²) in [7, 11) is 0. The Morgan fingerprint density at radius 1 is 0.912 bits per heavy atom. The average molecular weight is 458 g/mol. The van der Waals surface area contributed by atoms with E-state index in [0.29, 0.717) is 38.3 Å². The van der Waals surface area contributed by atoms with Gasteiger partial charge in [0.15, 0.2) is 0 Å². The maximum Gasteiger partial charge on any atom is 0.255 e. The molecular weight excluding hydrogens is 426 g/mol. The molecule has 1 aromatic carbocycles. The van der Waals surface area contributed by atoms with Gasteiger partial charge in [-0.25, -0.2) is 0 Å². The molecule has 2 aromatic heterocycles. The zero-order valence-electron chi connectivity index (χ0n) is 19.9. The first kappa shape index (κ1) is 23.6. The monoisotopic (exact) mass is 457 g/mol. The Bertz CT molecular complexity index is 1120. The number of anilines is 1. The molecular formula is C27H31N5O2. The molecule has 0 saturated carbocycles. The van der Waals surface area contributed by atoms with E-state index in [2.05, 4.69) is 14.9 Å². The summed E-state index contributed by atoms with van der Waals surface area (Å²) in [5, 5.41) is 0. The number of aromatic nitrogens is 2. The fourth-order valence-electron chi connectivity index (χ4n) is 4.30. The number of carbonyl (C=O) groups excluding carboxylic acids is 2. The summed E-state index contributed by atoms with van der Waals surface area (Å²) in [5.41, 5.74) is 4.26. The van der Waals surface area contributed by atoms with Crippen molar-refractivity contribution in [1.29, 1.82) is 0 Å². The molecule has 7 nitrogen and oxygen atoms in total. The number of fused-ring (bicyclic) bond motifs is 1. The van der Waals surface area contributed by atoms with Crippen LogP contribution in [-0.2, 0) is 17.9 Å². The van der Waals surface area contributed by atoms with E-state index < -0.39 is 0 Å². The van der Waals surface area contributed by atoms with Crippen LogP contribution in [0.25, 0.3) is 0 Å². The van der Waals surface area contributed by atoms with E-state index in [1.165, 1.54) is 0 Å². The second-order valence-corrected chi connectivity index (χ2v) is 8.67. The molecule has 0 unspecified atom stereocenters. The van der Waals surface area contributed by atoms with Crippen molar-refractivity contribution in [1.82, 2.24) is 19.8 Å². The number of carbonyl (C=O) groups is 2. The Labute approximate surface area is 201 Å². The van der Waals surface area contributed by atoms with Gasteiger partial charge in [0.1, 0.15) is 0 Å². The summed E-state index contributed by atoms with van der Waals surface area (Å²) < 4.78 is 0. The Morgan fingerprint density at radius 3 is 2.47 bits per heavy atom. The lowest BCUT2D eigenvalue weighted by Gasteiger charge is -2.28. The second-order valence-electron chi connectivity index (χ2n) is 8.67. The van der Waals surface area contributed by atoms with Gasteiger partial charge in [-0.05, 0) is 49.2 Å². The van der Waals surface area contributed by atoms with Crippen LogP contribution in [0.15, 0.2) is 67.0 Å². The van der Waals surface area contributed by atoms with Gasteiger partial charge in [0, 0.05) is 70.0 Å². The Balaban J connectivity index is 1.66. The van der Waals surface area contributed by atoms with Gasteiger partial charge in [-0.2, -0.15) is 0 Å². The summed E-state index contributed by atoms with van der Waals surface area (Å²) in [6.07, 6.45) is 4.27. The summed E-state index contributed by atoms with van der Waals surface area (Å²) in [6, 6.07) is 17.5. The number of hydrogen-bond donors (Lipinski definition) is 0. The van der Waals surface area contributed by atoms with Crippen LogP contribution in [0.3, 0.4) is 0 Å². The zero-order chi connectivity index (χ0) is 23.9. The van der Waals surface area contributed by atoms with E-state index in [0.717, 1.165) is 35.6 Å². The molecule has 1 aliphatic rings. The van der Waals surface area contributed by atoms with Gasteiger partial charge < -0.3 is 9.80 Å². The third-order valence-electron chi connectivity index (χ3n) is 6.12. The third-order valence-corrected chi connectivity index (χ3v) is 6.12. The highest BCUT2D eigenvalue weighted by Crippen LogP contribution is 2.24. The van der Waals surface area contributed by atoms with Gasteiger partial charge in [-0.3, -0.25) is 24.5 Å². The van der Waals surface area contributed by atoms with E-state index in [4.69, 9.17) is 0 Å². The number of aryl methyl sites for hydroxylation is 1. The summed E-state index contributed by atoms with van der Waals surface area (Å²) in [6.45, 7) is 7.33. The topological polar surface area (TPSA) is 69.6 Å². The molecule has 0 aliphatic carbocycles. The lowest BCUT2D eigenvalue weighted by atomic mass is 10.1. The molecule has 3 heterocycles. The first-order chi connectivity index (χ1) is 16.5. The lowest BCUT2D eigenvalue weighted by Crippen LogP contribution is -2.38. The first-order valence-electron chi connectivity index (χ1n) is 11.7. The van der Waals surface area contributed by atoms with Crippen LogP contribution >= 0.6 is 0 Å². The molecule has 2 amide bonds. The number of para-hydroxylation sites is 1. The second kappa shape index (κ2) is 11.0. The van der Waals surface area contributed by atoms with E-state index in [1.54, 1.807) is 19.3 Å². The minimum atomic E-state index is -0.0614. The summed E-state index contributed by atoms with van der Waals surface area (Å²) >= 11 is 0. The maximum absolute atomic E-state index is 13.5. The largest absolute Gasteiger partial charge is 0.333 e. The summed E-state index contributed by atoms with van der Waals surface area (Å²) in [4.78, 5) is 40.9. The minimum absolute atomic E-state index is 0.00332. The van der Waals surface area contributed by atoms with Crippen LogP contribution < -0.4 is 4.90 Å². The average Bonchev–Trinajstić information content (AvgIpc) is 2.88. The van der Waals surface area contributed by atoms with E-state index in [9.17, 15) is 9.59 Å². The highest BCUT2D eigenvalue weighted by Gasteiger charge is 2.23. The van der Waals surface area contributed by atoms with Crippen molar-refractivity contribution in [2.45, 2.75) is 33.4 Å². The Hall–Kier alpha value is -3.58. The zero-order valence-corrected chi connectivity index (χ0v) is 19.9. The Kier molecular flexibility index (Phi) is 7.65. The molecule has 0 radical (unpaired) electrons. The minimum Gasteiger partial charge on any atom is -0.333 e. The summed E-state index contributed by atoms with van der Waals surface area (Å²) in [5.74, 6) is -0.0581. The quantitative estimate of drug-likeness (QED) is 0.600. The van der Waals surface area contributed by atoms with Crippen molar-refractivity contribution in [3.05, 3.63) is 89.5 Å². The molecule has 7 heteroatoms. The number of nitrogens with zero attached hydrogens (tertiary/aromatic N) is 5. The van der Waals surface area contributed by atoms with Gasteiger partial charge in [-0.15, -0.1) is 0 Å². The molecule has 0 saturated heterocycles. The number of pyridine rings is 2. The van der Waals surface area contributed by atoms with Gasteiger partial charge in [0.25, 0.3) is 5.91 Å². The molecule has 0 atom stereocenters. The van der Waals surface area contributed by atoms with Crippen LogP contribution in [0.2, 0.25) is 0 Å². The number of benzene rings is 1. The number of amides is 2. The van der Waals surface area contributed by atoms with Crippen LogP contribution in [-0.4, -0.2) is 57.8 Å². The highest BCUT2D eigenvalue weighted by molar-refractivity contribution is 5.95. The maximum atomic E-state index is 13.5. The standard InChI is InChI=1S/C27H31N5O2/c1-21-11-12-23(18-29-21)27(34)31-17-16-30(20-25-9-5-6-13-28-25)14-7-15-32(22(2)33)26-10-4-3-8-24(26)19-31/h3-6,8-13,18H,7,14-17,19-20H2,1-2H3. The molecule has 0 bridgehead atoms. The molecule has 1 aliphatic heterocycles. The molecule has 0 spiro atoms. The Morgan fingerprint density at radius 2 is 1.74 bits per heavy atom. The lowest BCUT2D eigenvalue weighted by molar-refractivity contribution is -0.116. The van der Waals surface area contributed by atoms with Gasteiger partial charge >= 0.3 is 0 Å². The number of hydrogen-bond acceptors (Lipinski definition) is 5.